The first kappa shape index (κ1) is 9.24. The zero-order chi connectivity index (χ0) is 8.97. The predicted octanol–water partition coefficient (Wildman–Crippen LogP) is 1.82. The SMILES string of the molecule is N#Cc1ccc(Br)c(CCN)c1. The molecule has 0 aliphatic carbocycles. The van der Waals surface area contributed by atoms with Crippen molar-refractivity contribution in [3.05, 3.63) is 33.8 Å². The molecule has 3 heteroatoms. The number of halogens is 1. The number of benzene rings is 1. The van der Waals surface area contributed by atoms with E-state index in [0.29, 0.717) is 12.1 Å². The standard InChI is InChI=1S/C9H9BrN2/c10-9-2-1-7(6-12)5-8(9)3-4-11/h1-2,5H,3-4,11H2. The van der Waals surface area contributed by atoms with Crippen LogP contribution in [0.5, 0.6) is 0 Å². The van der Waals surface area contributed by atoms with Crippen molar-refractivity contribution in [3.8, 4) is 6.07 Å². The number of nitriles is 1. The topological polar surface area (TPSA) is 49.8 Å². The molecule has 0 saturated carbocycles. The highest BCUT2D eigenvalue weighted by Gasteiger charge is 1.99. The normalized spacial score (nSPS) is 9.42. The molecule has 0 amide bonds. The Morgan fingerprint density at radius 3 is 2.83 bits per heavy atom. The van der Waals surface area contributed by atoms with Crippen LogP contribution in [0.2, 0.25) is 0 Å². The molecular formula is C9H9BrN2. The van der Waals surface area contributed by atoms with Crippen molar-refractivity contribution < 1.29 is 0 Å². The summed E-state index contributed by atoms with van der Waals surface area (Å²) in [5.74, 6) is 0. The van der Waals surface area contributed by atoms with Crippen molar-refractivity contribution in [1.82, 2.24) is 0 Å². The largest absolute Gasteiger partial charge is 0.330 e. The van der Waals surface area contributed by atoms with Crippen LogP contribution in [-0.4, -0.2) is 6.54 Å². The molecule has 1 rings (SSSR count). The van der Waals surface area contributed by atoms with Gasteiger partial charge in [-0.3, -0.25) is 0 Å². The fourth-order valence-electron chi connectivity index (χ4n) is 0.991. The van der Waals surface area contributed by atoms with Gasteiger partial charge in [0.15, 0.2) is 0 Å². The Morgan fingerprint density at radius 1 is 1.50 bits per heavy atom. The fraction of sp³-hybridized carbons (Fsp3) is 0.222. The summed E-state index contributed by atoms with van der Waals surface area (Å²) in [6, 6.07) is 7.61. The molecule has 0 spiro atoms. The number of rotatable bonds is 2. The molecule has 1 aromatic rings. The lowest BCUT2D eigenvalue weighted by Crippen LogP contribution is -2.03. The Balaban J connectivity index is 3.01. The van der Waals surface area contributed by atoms with Gasteiger partial charge >= 0.3 is 0 Å². The summed E-state index contributed by atoms with van der Waals surface area (Å²) in [5.41, 5.74) is 7.19. The molecule has 0 aliphatic rings. The number of hydrogen-bond acceptors (Lipinski definition) is 2. The highest BCUT2D eigenvalue weighted by atomic mass is 79.9. The van der Waals surface area contributed by atoms with E-state index in [1.807, 2.05) is 12.1 Å². The Labute approximate surface area is 80.1 Å². The Morgan fingerprint density at radius 2 is 2.25 bits per heavy atom. The summed E-state index contributed by atoms with van der Waals surface area (Å²) in [7, 11) is 0. The van der Waals surface area contributed by atoms with Gasteiger partial charge in [-0.15, -0.1) is 0 Å². The van der Waals surface area contributed by atoms with Gasteiger partial charge in [0.2, 0.25) is 0 Å². The van der Waals surface area contributed by atoms with E-state index < -0.39 is 0 Å². The van der Waals surface area contributed by atoms with Gasteiger partial charge < -0.3 is 5.73 Å². The molecule has 0 aromatic heterocycles. The van der Waals surface area contributed by atoms with E-state index >= 15 is 0 Å². The van der Waals surface area contributed by atoms with Crippen molar-refractivity contribution >= 4 is 15.9 Å². The molecule has 2 nitrogen and oxygen atoms in total. The summed E-state index contributed by atoms with van der Waals surface area (Å²) in [4.78, 5) is 0. The van der Waals surface area contributed by atoms with Gasteiger partial charge in [0.05, 0.1) is 11.6 Å². The molecule has 0 atom stereocenters. The first-order valence-corrected chi connectivity index (χ1v) is 4.46. The Bertz CT molecular complexity index is 315. The minimum absolute atomic E-state index is 0.605. The molecule has 62 valence electrons. The van der Waals surface area contributed by atoms with E-state index in [2.05, 4.69) is 22.0 Å². The third-order valence-electron chi connectivity index (χ3n) is 1.59. The molecule has 2 N–H and O–H groups in total. The summed E-state index contributed by atoms with van der Waals surface area (Å²) in [6.07, 6.45) is 0.802. The first-order valence-electron chi connectivity index (χ1n) is 3.66. The molecule has 1 aromatic carbocycles. The van der Waals surface area contributed by atoms with Crippen molar-refractivity contribution in [2.45, 2.75) is 6.42 Å². The minimum Gasteiger partial charge on any atom is -0.330 e. The molecule has 0 heterocycles. The molecule has 0 bridgehead atoms. The average molecular weight is 225 g/mol. The van der Waals surface area contributed by atoms with Crippen LogP contribution in [-0.2, 0) is 6.42 Å². The lowest BCUT2D eigenvalue weighted by molar-refractivity contribution is 0.962. The van der Waals surface area contributed by atoms with Crippen LogP contribution >= 0.6 is 15.9 Å². The zero-order valence-corrected chi connectivity index (χ0v) is 8.13. The van der Waals surface area contributed by atoms with Crippen LogP contribution in [0.4, 0.5) is 0 Å². The summed E-state index contributed by atoms with van der Waals surface area (Å²) in [6.45, 7) is 0.605. The number of hydrogen-bond donors (Lipinski definition) is 1. The van der Waals surface area contributed by atoms with E-state index in [4.69, 9.17) is 11.0 Å². The second-order valence-electron chi connectivity index (χ2n) is 2.46. The van der Waals surface area contributed by atoms with E-state index in [0.717, 1.165) is 16.5 Å². The van der Waals surface area contributed by atoms with Crippen LogP contribution in [0.1, 0.15) is 11.1 Å². The Hall–Kier alpha value is -0.850. The van der Waals surface area contributed by atoms with Crippen molar-refractivity contribution in [1.29, 1.82) is 5.26 Å². The van der Waals surface area contributed by atoms with E-state index in [1.54, 1.807) is 6.07 Å². The van der Waals surface area contributed by atoms with E-state index in [1.165, 1.54) is 0 Å². The van der Waals surface area contributed by atoms with Crippen molar-refractivity contribution in [3.63, 3.8) is 0 Å². The quantitative estimate of drug-likeness (QED) is 0.834. The van der Waals surface area contributed by atoms with E-state index in [9.17, 15) is 0 Å². The smallest absolute Gasteiger partial charge is 0.0991 e. The average Bonchev–Trinajstić information content (AvgIpc) is 2.09. The van der Waals surface area contributed by atoms with Gasteiger partial charge in [0.25, 0.3) is 0 Å². The monoisotopic (exact) mass is 224 g/mol. The molecule has 0 fully saturated rings. The predicted molar refractivity (Wildman–Crippen MR) is 51.6 cm³/mol. The lowest BCUT2D eigenvalue weighted by atomic mass is 10.1. The maximum absolute atomic E-state index is 8.62. The lowest BCUT2D eigenvalue weighted by Gasteiger charge is -2.01. The van der Waals surface area contributed by atoms with Gasteiger partial charge in [-0.1, -0.05) is 15.9 Å². The second kappa shape index (κ2) is 4.24. The summed E-state index contributed by atoms with van der Waals surface area (Å²) < 4.78 is 1.02. The van der Waals surface area contributed by atoms with Crippen LogP contribution < -0.4 is 5.73 Å². The molecular weight excluding hydrogens is 216 g/mol. The minimum atomic E-state index is 0.605. The maximum atomic E-state index is 8.62. The van der Waals surface area contributed by atoms with Gasteiger partial charge in [0.1, 0.15) is 0 Å². The van der Waals surface area contributed by atoms with Crippen LogP contribution in [0.15, 0.2) is 22.7 Å². The summed E-state index contributed by atoms with van der Waals surface area (Å²) in [5, 5.41) is 8.62. The first-order chi connectivity index (χ1) is 5.77. The maximum Gasteiger partial charge on any atom is 0.0991 e. The van der Waals surface area contributed by atoms with Crippen LogP contribution in [0, 0.1) is 11.3 Å². The van der Waals surface area contributed by atoms with Gasteiger partial charge in [-0.05, 0) is 36.7 Å². The van der Waals surface area contributed by atoms with Crippen molar-refractivity contribution in [2.75, 3.05) is 6.54 Å². The molecule has 0 radical (unpaired) electrons. The molecule has 12 heavy (non-hydrogen) atoms. The van der Waals surface area contributed by atoms with Gasteiger partial charge in [0, 0.05) is 4.47 Å². The molecule has 0 unspecified atom stereocenters. The number of nitrogens with zero attached hydrogens (tertiary/aromatic N) is 1. The fourth-order valence-corrected chi connectivity index (χ4v) is 1.44. The third-order valence-corrected chi connectivity index (χ3v) is 2.36. The van der Waals surface area contributed by atoms with Gasteiger partial charge in [-0.25, -0.2) is 0 Å². The second-order valence-corrected chi connectivity index (χ2v) is 3.31. The van der Waals surface area contributed by atoms with Crippen LogP contribution in [0.3, 0.4) is 0 Å². The van der Waals surface area contributed by atoms with Crippen LogP contribution in [0.25, 0.3) is 0 Å². The van der Waals surface area contributed by atoms with Gasteiger partial charge in [-0.2, -0.15) is 5.26 Å². The number of nitrogens with two attached hydrogens (primary N) is 1. The Kier molecular flexibility index (Phi) is 3.27. The highest BCUT2D eigenvalue weighted by molar-refractivity contribution is 9.10. The molecule has 0 aliphatic heterocycles. The van der Waals surface area contributed by atoms with Crippen molar-refractivity contribution in [2.24, 2.45) is 5.73 Å². The molecule has 0 saturated heterocycles. The third kappa shape index (κ3) is 2.07. The van der Waals surface area contributed by atoms with E-state index in [-0.39, 0.29) is 0 Å². The highest BCUT2D eigenvalue weighted by Crippen LogP contribution is 2.18. The zero-order valence-electron chi connectivity index (χ0n) is 6.55. The summed E-state index contributed by atoms with van der Waals surface area (Å²) >= 11 is 3.40.